The molecule has 2 aliphatic rings. The fourth-order valence-corrected chi connectivity index (χ4v) is 4.41. The fraction of sp³-hybridized carbons (Fsp3) is 0.545. The lowest BCUT2D eigenvalue weighted by atomic mass is 9.96. The number of nitrogens with zero attached hydrogens (tertiary/aromatic N) is 3. The lowest BCUT2D eigenvalue weighted by molar-refractivity contribution is -0.137. The molecule has 1 saturated heterocycles. The molecule has 3 heterocycles. The van der Waals surface area contributed by atoms with Gasteiger partial charge in [0.15, 0.2) is 11.5 Å². The van der Waals surface area contributed by atoms with Crippen molar-refractivity contribution in [3.05, 3.63) is 28.6 Å². The van der Waals surface area contributed by atoms with Gasteiger partial charge in [-0.25, -0.2) is 4.98 Å². The summed E-state index contributed by atoms with van der Waals surface area (Å²) in [6, 6.07) is 3.53. The van der Waals surface area contributed by atoms with Gasteiger partial charge >= 0.3 is 0 Å². The van der Waals surface area contributed by atoms with E-state index in [1.165, 1.54) is 0 Å². The highest BCUT2D eigenvalue weighted by Gasteiger charge is 2.29. The van der Waals surface area contributed by atoms with Crippen LogP contribution in [0.1, 0.15) is 38.1 Å². The molecule has 0 saturated carbocycles. The molecule has 0 radical (unpaired) electrons. The number of benzene rings is 1. The summed E-state index contributed by atoms with van der Waals surface area (Å²) < 4.78 is 16.8. The van der Waals surface area contributed by atoms with Gasteiger partial charge in [0.25, 0.3) is 0 Å². The molecule has 2 aromatic rings. The van der Waals surface area contributed by atoms with Gasteiger partial charge in [-0.1, -0.05) is 11.6 Å². The summed E-state index contributed by atoms with van der Waals surface area (Å²) in [4.78, 5) is 21.7. The molecule has 162 valence electrons. The number of fused-ring (bicyclic) bond motifs is 1. The SMILES string of the molecule is CCN(CC)C(=O)[C@H]1CCCN(Cc2nc(-c3cc4c(cc3Cl)OCO4)oc2C)C1. The molecular weight excluding hydrogens is 406 g/mol. The van der Waals surface area contributed by atoms with E-state index < -0.39 is 0 Å². The summed E-state index contributed by atoms with van der Waals surface area (Å²) in [6.45, 7) is 10.0. The second-order valence-electron chi connectivity index (χ2n) is 7.79. The largest absolute Gasteiger partial charge is 0.454 e. The molecular formula is C22H28ClN3O4. The van der Waals surface area contributed by atoms with Crippen LogP contribution in [0.15, 0.2) is 16.5 Å². The van der Waals surface area contributed by atoms with Crippen LogP contribution in [-0.4, -0.2) is 53.7 Å². The summed E-state index contributed by atoms with van der Waals surface area (Å²) in [5, 5.41) is 0.509. The van der Waals surface area contributed by atoms with E-state index in [4.69, 9.17) is 30.5 Å². The molecule has 0 bridgehead atoms. The fourth-order valence-electron chi connectivity index (χ4n) is 4.18. The summed E-state index contributed by atoms with van der Waals surface area (Å²) in [5.74, 6) is 2.81. The Kier molecular flexibility index (Phi) is 6.20. The van der Waals surface area contributed by atoms with Crippen molar-refractivity contribution in [3.63, 3.8) is 0 Å². The number of rotatable bonds is 6. The summed E-state index contributed by atoms with van der Waals surface area (Å²) in [6.07, 6.45) is 1.96. The minimum absolute atomic E-state index is 0.0497. The van der Waals surface area contributed by atoms with Crippen LogP contribution in [0, 0.1) is 12.8 Å². The molecule has 1 aromatic heterocycles. The van der Waals surface area contributed by atoms with Gasteiger partial charge in [0.1, 0.15) is 5.76 Å². The van der Waals surface area contributed by atoms with Crippen LogP contribution in [0.3, 0.4) is 0 Å². The first-order valence-corrected chi connectivity index (χ1v) is 10.9. The Morgan fingerprint density at radius 3 is 2.73 bits per heavy atom. The first-order chi connectivity index (χ1) is 14.5. The van der Waals surface area contributed by atoms with Crippen LogP contribution in [0.25, 0.3) is 11.5 Å². The third-order valence-corrected chi connectivity index (χ3v) is 6.20. The summed E-state index contributed by atoms with van der Waals surface area (Å²) in [7, 11) is 0. The van der Waals surface area contributed by atoms with Crippen LogP contribution in [0.4, 0.5) is 0 Å². The predicted octanol–water partition coefficient (Wildman–Crippen LogP) is 4.11. The Morgan fingerprint density at radius 1 is 1.27 bits per heavy atom. The maximum Gasteiger partial charge on any atom is 0.231 e. The maximum absolute atomic E-state index is 12.8. The Bertz CT molecular complexity index is 925. The van der Waals surface area contributed by atoms with E-state index in [0.717, 1.165) is 50.5 Å². The standard InChI is InChI=1S/C22H28ClN3O4/c1-4-26(5-2)22(27)15-7-6-8-25(11-15)12-18-14(3)30-21(24-18)16-9-19-20(10-17(16)23)29-13-28-19/h9-10,15H,4-8,11-13H2,1-3H3/t15-/m0/s1. The topological polar surface area (TPSA) is 68.0 Å². The van der Waals surface area contributed by atoms with Crippen LogP contribution in [0.5, 0.6) is 11.5 Å². The second-order valence-corrected chi connectivity index (χ2v) is 8.20. The van der Waals surface area contributed by atoms with Crippen molar-refractivity contribution < 1.29 is 18.7 Å². The molecule has 1 aromatic carbocycles. The first-order valence-electron chi connectivity index (χ1n) is 10.6. The number of hydrogen-bond donors (Lipinski definition) is 0. The molecule has 0 N–H and O–H groups in total. The maximum atomic E-state index is 12.8. The number of hydrogen-bond acceptors (Lipinski definition) is 6. The Labute approximate surface area is 181 Å². The third kappa shape index (κ3) is 4.14. The minimum atomic E-state index is 0.0497. The quantitative estimate of drug-likeness (QED) is 0.682. The Balaban J connectivity index is 1.48. The number of halogens is 1. The third-order valence-electron chi connectivity index (χ3n) is 5.89. The zero-order valence-corrected chi connectivity index (χ0v) is 18.5. The number of likely N-dealkylation sites (tertiary alicyclic amines) is 1. The number of aromatic nitrogens is 1. The van der Waals surface area contributed by atoms with Gasteiger partial charge in [-0.05, 0) is 46.2 Å². The average molecular weight is 434 g/mol. The van der Waals surface area contributed by atoms with Gasteiger partial charge in [-0.3, -0.25) is 9.69 Å². The number of oxazole rings is 1. The van der Waals surface area contributed by atoms with E-state index in [-0.39, 0.29) is 18.6 Å². The van der Waals surface area contributed by atoms with Gasteiger partial charge in [0, 0.05) is 32.2 Å². The van der Waals surface area contributed by atoms with Gasteiger partial charge in [0.2, 0.25) is 18.6 Å². The smallest absolute Gasteiger partial charge is 0.231 e. The molecule has 1 atom stereocenters. The lowest BCUT2D eigenvalue weighted by Crippen LogP contribution is -2.44. The zero-order chi connectivity index (χ0) is 21.3. The van der Waals surface area contributed by atoms with E-state index in [9.17, 15) is 4.79 Å². The number of carbonyl (C=O) groups is 1. The van der Waals surface area contributed by atoms with Crippen molar-refractivity contribution in [2.75, 3.05) is 33.0 Å². The van der Waals surface area contributed by atoms with E-state index in [1.54, 1.807) is 12.1 Å². The van der Waals surface area contributed by atoms with Crippen LogP contribution in [0.2, 0.25) is 5.02 Å². The van der Waals surface area contributed by atoms with Crippen LogP contribution >= 0.6 is 11.6 Å². The van der Waals surface area contributed by atoms with E-state index in [1.807, 2.05) is 25.7 Å². The highest BCUT2D eigenvalue weighted by atomic mass is 35.5. The van der Waals surface area contributed by atoms with Gasteiger partial charge in [-0.2, -0.15) is 0 Å². The molecule has 2 aliphatic heterocycles. The average Bonchev–Trinajstić information content (AvgIpc) is 3.34. The summed E-state index contributed by atoms with van der Waals surface area (Å²) in [5.41, 5.74) is 1.55. The van der Waals surface area contributed by atoms with Crippen LogP contribution in [-0.2, 0) is 11.3 Å². The number of piperidine rings is 1. The van der Waals surface area contributed by atoms with Gasteiger partial charge in [0.05, 0.1) is 22.2 Å². The number of carbonyl (C=O) groups excluding carboxylic acids is 1. The molecule has 4 rings (SSSR count). The molecule has 1 amide bonds. The van der Waals surface area contributed by atoms with E-state index >= 15 is 0 Å². The van der Waals surface area contributed by atoms with Crippen molar-refractivity contribution in [2.24, 2.45) is 5.92 Å². The normalized spacial score (nSPS) is 18.6. The van der Waals surface area contributed by atoms with Crippen LogP contribution < -0.4 is 9.47 Å². The van der Waals surface area contributed by atoms with E-state index in [0.29, 0.717) is 34.5 Å². The number of aryl methyl sites for hydroxylation is 1. The highest BCUT2D eigenvalue weighted by molar-refractivity contribution is 6.33. The monoisotopic (exact) mass is 433 g/mol. The molecule has 0 aliphatic carbocycles. The molecule has 7 nitrogen and oxygen atoms in total. The molecule has 1 fully saturated rings. The molecule has 30 heavy (non-hydrogen) atoms. The van der Waals surface area contributed by atoms with Crippen molar-refractivity contribution in [2.45, 2.75) is 40.2 Å². The Hall–Kier alpha value is -2.25. The number of amides is 1. The molecule has 0 unspecified atom stereocenters. The van der Waals surface area contributed by atoms with Crippen molar-refractivity contribution >= 4 is 17.5 Å². The molecule has 8 heteroatoms. The Morgan fingerprint density at radius 2 is 2.00 bits per heavy atom. The second kappa shape index (κ2) is 8.86. The van der Waals surface area contributed by atoms with Gasteiger partial charge < -0.3 is 18.8 Å². The number of ether oxygens (including phenoxy) is 2. The van der Waals surface area contributed by atoms with Crippen molar-refractivity contribution in [1.82, 2.24) is 14.8 Å². The predicted molar refractivity (Wildman–Crippen MR) is 114 cm³/mol. The van der Waals surface area contributed by atoms with Gasteiger partial charge in [-0.15, -0.1) is 0 Å². The van der Waals surface area contributed by atoms with Crippen molar-refractivity contribution in [3.8, 4) is 23.0 Å². The van der Waals surface area contributed by atoms with E-state index in [2.05, 4.69) is 4.90 Å². The minimum Gasteiger partial charge on any atom is -0.454 e. The first kappa shape index (κ1) is 21.0. The lowest BCUT2D eigenvalue weighted by Gasteiger charge is -2.34. The highest BCUT2D eigenvalue weighted by Crippen LogP contribution is 2.41. The summed E-state index contributed by atoms with van der Waals surface area (Å²) >= 11 is 6.42. The van der Waals surface area contributed by atoms with Crippen molar-refractivity contribution in [1.29, 1.82) is 0 Å². The molecule has 0 spiro atoms. The zero-order valence-electron chi connectivity index (χ0n) is 17.7.